The lowest BCUT2D eigenvalue weighted by molar-refractivity contribution is -0.134. The fourth-order valence-corrected chi connectivity index (χ4v) is 2.54. The van der Waals surface area contributed by atoms with Crippen LogP contribution in [0.5, 0.6) is 0 Å². The number of amides is 1. The van der Waals surface area contributed by atoms with Gasteiger partial charge in [-0.3, -0.25) is 4.79 Å². The van der Waals surface area contributed by atoms with Gasteiger partial charge in [0, 0.05) is 26.3 Å². The van der Waals surface area contributed by atoms with Crippen molar-refractivity contribution in [3.05, 3.63) is 0 Å². The number of carbonyl (C=O) groups is 1. The Morgan fingerprint density at radius 2 is 2.24 bits per heavy atom. The van der Waals surface area contributed by atoms with Crippen molar-refractivity contribution >= 4 is 5.91 Å². The maximum absolute atomic E-state index is 12.2. The summed E-state index contributed by atoms with van der Waals surface area (Å²) in [6, 6.07) is 0.0282. The van der Waals surface area contributed by atoms with Gasteiger partial charge in [0.25, 0.3) is 0 Å². The molecule has 1 amide bonds. The van der Waals surface area contributed by atoms with E-state index in [-0.39, 0.29) is 11.9 Å². The van der Waals surface area contributed by atoms with Crippen molar-refractivity contribution in [3.63, 3.8) is 0 Å². The summed E-state index contributed by atoms with van der Waals surface area (Å²) in [5.74, 6) is 0.643. The second kappa shape index (κ2) is 6.97. The van der Waals surface area contributed by atoms with E-state index in [1.807, 2.05) is 4.90 Å². The quantitative estimate of drug-likeness (QED) is 0.716. The first-order chi connectivity index (χ1) is 8.07. The molecule has 0 aromatic rings. The second-order valence-corrected chi connectivity index (χ2v) is 5.23. The maximum Gasteiger partial charge on any atom is 0.239 e. The Morgan fingerprint density at radius 1 is 1.53 bits per heavy atom. The lowest BCUT2D eigenvalue weighted by atomic mass is 10.0. The van der Waals surface area contributed by atoms with E-state index >= 15 is 0 Å². The summed E-state index contributed by atoms with van der Waals surface area (Å²) < 4.78 is 4.98. The van der Waals surface area contributed by atoms with E-state index in [9.17, 15) is 4.79 Å². The number of hydrogen-bond acceptors (Lipinski definition) is 3. The van der Waals surface area contributed by atoms with Crippen molar-refractivity contribution in [2.75, 3.05) is 20.3 Å². The molecule has 0 aliphatic carbocycles. The van der Waals surface area contributed by atoms with E-state index in [0.717, 1.165) is 25.8 Å². The Kier molecular flexibility index (Phi) is 5.92. The maximum atomic E-state index is 12.2. The fraction of sp³-hybridized carbons (Fsp3) is 0.923. The van der Waals surface area contributed by atoms with E-state index < -0.39 is 0 Å². The molecule has 0 radical (unpaired) electrons. The molecule has 0 aromatic carbocycles. The van der Waals surface area contributed by atoms with Crippen LogP contribution in [0.15, 0.2) is 0 Å². The highest BCUT2D eigenvalue weighted by molar-refractivity contribution is 5.82. The van der Waals surface area contributed by atoms with E-state index in [1.165, 1.54) is 0 Å². The monoisotopic (exact) mass is 242 g/mol. The average molecular weight is 242 g/mol. The zero-order chi connectivity index (χ0) is 12.8. The molecule has 1 fully saturated rings. The third kappa shape index (κ3) is 3.96. The number of ether oxygens (including phenoxy) is 1. The third-order valence-electron chi connectivity index (χ3n) is 3.53. The molecule has 1 aliphatic rings. The van der Waals surface area contributed by atoms with Crippen molar-refractivity contribution in [2.45, 2.75) is 51.6 Å². The summed E-state index contributed by atoms with van der Waals surface area (Å²) in [7, 11) is 1.67. The Morgan fingerprint density at radius 3 is 2.82 bits per heavy atom. The molecule has 0 bridgehead atoms. The zero-order valence-electron chi connectivity index (χ0n) is 11.3. The molecule has 0 aromatic heterocycles. The Hall–Kier alpha value is -0.610. The van der Waals surface area contributed by atoms with Crippen molar-refractivity contribution < 1.29 is 9.53 Å². The molecular weight excluding hydrogens is 216 g/mol. The van der Waals surface area contributed by atoms with Crippen LogP contribution >= 0.6 is 0 Å². The van der Waals surface area contributed by atoms with Gasteiger partial charge < -0.3 is 15.4 Å². The first-order valence-corrected chi connectivity index (χ1v) is 6.63. The van der Waals surface area contributed by atoms with Crippen molar-refractivity contribution in [3.8, 4) is 0 Å². The van der Waals surface area contributed by atoms with Gasteiger partial charge in [-0.05, 0) is 31.6 Å². The van der Waals surface area contributed by atoms with Crippen LogP contribution in [0.1, 0.15) is 39.5 Å². The summed E-state index contributed by atoms with van der Waals surface area (Å²) in [5, 5.41) is 0. The van der Waals surface area contributed by atoms with Gasteiger partial charge in [-0.2, -0.15) is 0 Å². The van der Waals surface area contributed by atoms with Gasteiger partial charge in [-0.1, -0.05) is 13.8 Å². The molecule has 1 saturated heterocycles. The highest BCUT2D eigenvalue weighted by Gasteiger charge is 2.32. The number of carbonyl (C=O) groups excluding carboxylic acids is 1. The highest BCUT2D eigenvalue weighted by Crippen LogP contribution is 2.24. The van der Waals surface area contributed by atoms with E-state index in [4.69, 9.17) is 10.5 Å². The van der Waals surface area contributed by atoms with Crippen LogP contribution in [0.2, 0.25) is 0 Å². The third-order valence-corrected chi connectivity index (χ3v) is 3.53. The number of nitrogens with two attached hydrogens (primary N) is 1. The van der Waals surface area contributed by atoms with Crippen LogP contribution in [0.3, 0.4) is 0 Å². The first kappa shape index (κ1) is 14.5. The molecule has 4 nitrogen and oxygen atoms in total. The molecule has 0 saturated carbocycles. The van der Waals surface area contributed by atoms with E-state index in [1.54, 1.807) is 7.11 Å². The predicted octanol–water partition coefficient (Wildman–Crippen LogP) is 1.39. The minimum absolute atomic E-state index is 0.123. The minimum Gasteiger partial charge on any atom is -0.385 e. The summed E-state index contributed by atoms with van der Waals surface area (Å²) in [6.45, 7) is 5.90. The highest BCUT2D eigenvalue weighted by atomic mass is 16.5. The van der Waals surface area contributed by atoms with Gasteiger partial charge in [0.05, 0.1) is 6.04 Å². The van der Waals surface area contributed by atoms with Crippen LogP contribution in [0.4, 0.5) is 0 Å². The average Bonchev–Trinajstić information content (AvgIpc) is 2.77. The molecular formula is C13H26N2O2. The van der Waals surface area contributed by atoms with Crippen molar-refractivity contribution in [1.29, 1.82) is 0 Å². The van der Waals surface area contributed by atoms with E-state index in [0.29, 0.717) is 25.0 Å². The number of nitrogens with zero attached hydrogens (tertiary/aromatic N) is 1. The molecule has 2 atom stereocenters. The summed E-state index contributed by atoms with van der Waals surface area (Å²) in [6.07, 6.45) is 3.80. The zero-order valence-corrected chi connectivity index (χ0v) is 11.3. The molecule has 1 heterocycles. The second-order valence-electron chi connectivity index (χ2n) is 5.23. The summed E-state index contributed by atoms with van der Waals surface area (Å²) in [5.41, 5.74) is 5.95. The van der Waals surface area contributed by atoms with Crippen LogP contribution in [-0.4, -0.2) is 43.2 Å². The summed E-state index contributed by atoms with van der Waals surface area (Å²) in [4.78, 5) is 14.2. The van der Waals surface area contributed by atoms with Gasteiger partial charge in [-0.25, -0.2) is 0 Å². The van der Waals surface area contributed by atoms with E-state index in [2.05, 4.69) is 13.8 Å². The van der Waals surface area contributed by atoms with Crippen LogP contribution in [0, 0.1) is 5.92 Å². The van der Waals surface area contributed by atoms with Gasteiger partial charge >= 0.3 is 0 Å². The molecule has 0 spiro atoms. The Bertz CT molecular complexity index is 244. The minimum atomic E-state index is -0.357. The number of rotatable bonds is 6. The Balaban J connectivity index is 2.45. The van der Waals surface area contributed by atoms with Crippen molar-refractivity contribution in [2.24, 2.45) is 11.7 Å². The number of methoxy groups -OCH3 is 1. The molecule has 1 rings (SSSR count). The molecule has 2 unspecified atom stereocenters. The van der Waals surface area contributed by atoms with Crippen molar-refractivity contribution in [1.82, 2.24) is 4.90 Å². The lowest BCUT2D eigenvalue weighted by Crippen LogP contribution is -2.47. The molecule has 17 heavy (non-hydrogen) atoms. The topological polar surface area (TPSA) is 55.6 Å². The normalized spacial score (nSPS) is 22.2. The largest absolute Gasteiger partial charge is 0.385 e. The fourth-order valence-electron chi connectivity index (χ4n) is 2.54. The molecule has 100 valence electrons. The first-order valence-electron chi connectivity index (χ1n) is 6.63. The molecule has 4 heteroatoms. The molecule has 2 N–H and O–H groups in total. The van der Waals surface area contributed by atoms with Crippen LogP contribution in [0.25, 0.3) is 0 Å². The smallest absolute Gasteiger partial charge is 0.239 e. The number of likely N-dealkylation sites (tertiary alicyclic amines) is 1. The number of hydrogen-bond donors (Lipinski definition) is 1. The van der Waals surface area contributed by atoms with Gasteiger partial charge in [0.2, 0.25) is 5.91 Å². The van der Waals surface area contributed by atoms with Gasteiger partial charge in [0.15, 0.2) is 0 Å². The standard InChI is InChI=1S/C13H26N2O2/c1-10(2)12-7-4-8-15(12)13(16)11(14)6-5-9-17-3/h10-12H,4-9,14H2,1-3H3. The van der Waals surface area contributed by atoms with Gasteiger partial charge in [0.1, 0.15) is 0 Å². The van der Waals surface area contributed by atoms with Gasteiger partial charge in [-0.15, -0.1) is 0 Å². The lowest BCUT2D eigenvalue weighted by Gasteiger charge is -2.30. The van der Waals surface area contributed by atoms with Crippen LogP contribution < -0.4 is 5.73 Å². The Labute approximate surface area is 104 Å². The SMILES string of the molecule is COCCCC(N)C(=O)N1CCCC1C(C)C. The summed E-state index contributed by atoms with van der Waals surface area (Å²) >= 11 is 0. The molecule has 1 aliphatic heterocycles. The van der Waals surface area contributed by atoms with Crippen LogP contribution in [-0.2, 0) is 9.53 Å². The predicted molar refractivity (Wildman–Crippen MR) is 68.7 cm³/mol.